The van der Waals surface area contributed by atoms with E-state index >= 15 is 0 Å². The fraction of sp³-hybridized carbons (Fsp3) is 0. The molecule has 3 N–H and O–H groups in total. The summed E-state index contributed by atoms with van der Waals surface area (Å²) in [6, 6.07) is 8.08. The molecule has 0 spiro atoms. The first-order valence-corrected chi connectivity index (χ1v) is 6.06. The second-order valence-corrected chi connectivity index (χ2v) is 4.44. The third-order valence-electron chi connectivity index (χ3n) is 2.67. The molecule has 0 unspecified atom stereocenters. The summed E-state index contributed by atoms with van der Waals surface area (Å²) in [6.07, 6.45) is 1.59. The van der Waals surface area contributed by atoms with Crippen molar-refractivity contribution < 1.29 is 9.63 Å². The maximum Gasteiger partial charge on any atom is 0.258 e. The second kappa shape index (κ2) is 4.82. The number of nitrogens with zero attached hydrogens (tertiary/aromatic N) is 3. The van der Waals surface area contributed by atoms with Crippen LogP contribution in [-0.4, -0.2) is 20.2 Å². The summed E-state index contributed by atoms with van der Waals surface area (Å²) in [5.74, 6) is 0.483. The zero-order chi connectivity index (χ0) is 14.1. The zero-order valence-corrected chi connectivity index (χ0v) is 10.9. The number of phenols is 1. The molecule has 0 saturated carbocycles. The highest BCUT2D eigenvalue weighted by Gasteiger charge is 2.14. The number of halogens is 1. The van der Waals surface area contributed by atoms with E-state index in [2.05, 4.69) is 15.1 Å². The third kappa shape index (κ3) is 2.17. The molecule has 20 heavy (non-hydrogen) atoms. The van der Waals surface area contributed by atoms with Crippen LogP contribution in [0, 0.1) is 0 Å². The van der Waals surface area contributed by atoms with E-state index in [1.54, 1.807) is 30.5 Å². The number of phenolic OH excluding ortho intramolecular Hbond substituents is 1. The standard InChI is InChI=1S/C13H9ClN4O2/c14-8-2-1-5-16-11(8)12-17-13(20-18-12)7-3-4-9(15)10(19)6-7/h1-6,19H,15H2. The maximum atomic E-state index is 9.58. The van der Waals surface area contributed by atoms with E-state index < -0.39 is 0 Å². The molecule has 3 rings (SSSR count). The molecule has 0 aliphatic carbocycles. The van der Waals surface area contributed by atoms with Gasteiger partial charge in [0.2, 0.25) is 5.82 Å². The summed E-state index contributed by atoms with van der Waals surface area (Å²) in [5.41, 5.74) is 6.81. The van der Waals surface area contributed by atoms with E-state index in [0.29, 0.717) is 16.3 Å². The van der Waals surface area contributed by atoms with E-state index in [4.69, 9.17) is 21.9 Å². The fourth-order valence-electron chi connectivity index (χ4n) is 1.66. The number of hydrogen-bond acceptors (Lipinski definition) is 6. The molecule has 6 nitrogen and oxygen atoms in total. The molecule has 100 valence electrons. The average molecular weight is 289 g/mol. The topological polar surface area (TPSA) is 98.1 Å². The number of hydrogen-bond donors (Lipinski definition) is 2. The van der Waals surface area contributed by atoms with Crippen molar-refractivity contribution in [3.63, 3.8) is 0 Å². The maximum absolute atomic E-state index is 9.58. The molecule has 0 fully saturated rings. The molecule has 0 saturated heterocycles. The predicted octanol–water partition coefficient (Wildman–Crippen LogP) is 2.74. The highest BCUT2D eigenvalue weighted by molar-refractivity contribution is 6.32. The van der Waals surface area contributed by atoms with Crippen molar-refractivity contribution in [2.45, 2.75) is 0 Å². The van der Waals surface area contributed by atoms with Crippen molar-refractivity contribution in [3.05, 3.63) is 41.6 Å². The zero-order valence-electron chi connectivity index (χ0n) is 10.1. The molecule has 0 atom stereocenters. The van der Waals surface area contributed by atoms with E-state index in [1.807, 2.05) is 0 Å². The van der Waals surface area contributed by atoms with Gasteiger partial charge in [-0.3, -0.25) is 4.98 Å². The van der Waals surface area contributed by atoms with Gasteiger partial charge in [-0.1, -0.05) is 16.8 Å². The number of rotatable bonds is 2. The van der Waals surface area contributed by atoms with Gasteiger partial charge in [0.25, 0.3) is 5.89 Å². The lowest BCUT2D eigenvalue weighted by Gasteiger charge is -1.99. The van der Waals surface area contributed by atoms with Crippen LogP contribution in [0.3, 0.4) is 0 Å². The Morgan fingerprint density at radius 3 is 2.85 bits per heavy atom. The van der Waals surface area contributed by atoms with Crippen LogP contribution >= 0.6 is 11.6 Å². The summed E-state index contributed by atoms with van der Waals surface area (Å²) in [5, 5.41) is 13.8. The smallest absolute Gasteiger partial charge is 0.258 e. The number of aromatic hydroxyl groups is 1. The van der Waals surface area contributed by atoms with Gasteiger partial charge in [0, 0.05) is 11.8 Å². The summed E-state index contributed by atoms with van der Waals surface area (Å²) in [7, 11) is 0. The molecule has 0 radical (unpaired) electrons. The molecule has 7 heteroatoms. The minimum atomic E-state index is -0.0434. The number of nitrogens with two attached hydrogens (primary N) is 1. The largest absolute Gasteiger partial charge is 0.506 e. The molecule has 1 aromatic carbocycles. The summed E-state index contributed by atoms with van der Waals surface area (Å²) in [4.78, 5) is 8.31. The van der Waals surface area contributed by atoms with Crippen LogP contribution in [0.1, 0.15) is 0 Å². The third-order valence-corrected chi connectivity index (χ3v) is 2.98. The van der Waals surface area contributed by atoms with Crippen molar-refractivity contribution in [1.82, 2.24) is 15.1 Å². The van der Waals surface area contributed by atoms with Crippen LogP contribution in [0.15, 0.2) is 41.1 Å². The van der Waals surface area contributed by atoms with Crippen molar-refractivity contribution in [2.24, 2.45) is 0 Å². The van der Waals surface area contributed by atoms with Crippen LogP contribution in [0.4, 0.5) is 5.69 Å². The van der Waals surface area contributed by atoms with Gasteiger partial charge in [-0.2, -0.15) is 4.98 Å². The van der Waals surface area contributed by atoms with E-state index in [9.17, 15) is 5.11 Å². The van der Waals surface area contributed by atoms with Gasteiger partial charge in [0.1, 0.15) is 11.4 Å². The quantitative estimate of drug-likeness (QED) is 0.556. The molecule has 2 aromatic heterocycles. The Morgan fingerprint density at radius 1 is 1.25 bits per heavy atom. The van der Waals surface area contributed by atoms with E-state index in [-0.39, 0.29) is 23.2 Å². The first-order chi connectivity index (χ1) is 9.65. The molecule has 0 aliphatic rings. The Morgan fingerprint density at radius 2 is 2.10 bits per heavy atom. The highest BCUT2D eigenvalue weighted by atomic mass is 35.5. The highest BCUT2D eigenvalue weighted by Crippen LogP contribution is 2.29. The number of nitrogen functional groups attached to an aromatic ring is 1. The van der Waals surface area contributed by atoms with Crippen LogP contribution in [0.25, 0.3) is 23.0 Å². The van der Waals surface area contributed by atoms with Gasteiger partial charge in [-0.15, -0.1) is 0 Å². The van der Waals surface area contributed by atoms with Crippen LogP contribution < -0.4 is 5.73 Å². The van der Waals surface area contributed by atoms with Crippen LogP contribution in [0.2, 0.25) is 5.02 Å². The lowest BCUT2D eigenvalue weighted by atomic mass is 10.2. The average Bonchev–Trinajstić information content (AvgIpc) is 2.92. The molecule has 0 aliphatic heterocycles. The lowest BCUT2D eigenvalue weighted by Crippen LogP contribution is -1.87. The van der Waals surface area contributed by atoms with Gasteiger partial charge in [0.05, 0.1) is 10.7 Å². The fourth-order valence-corrected chi connectivity index (χ4v) is 1.87. The molecular formula is C13H9ClN4O2. The van der Waals surface area contributed by atoms with Gasteiger partial charge in [-0.05, 0) is 30.3 Å². The Kier molecular flexibility index (Phi) is 3.00. The number of benzene rings is 1. The van der Waals surface area contributed by atoms with Gasteiger partial charge >= 0.3 is 0 Å². The predicted molar refractivity (Wildman–Crippen MR) is 74.1 cm³/mol. The van der Waals surface area contributed by atoms with Gasteiger partial charge < -0.3 is 15.4 Å². The van der Waals surface area contributed by atoms with Crippen molar-refractivity contribution in [2.75, 3.05) is 5.73 Å². The molecule has 2 heterocycles. The first-order valence-electron chi connectivity index (χ1n) is 5.68. The van der Waals surface area contributed by atoms with Crippen molar-refractivity contribution >= 4 is 17.3 Å². The number of aromatic nitrogens is 3. The van der Waals surface area contributed by atoms with Gasteiger partial charge in [0.15, 0.2) is 0 Å². The molecule has 3 aromatic rings. The van der Waals surface area contributed by atoms with Crippen LogP contribution in [-0.2, 0) is 0 Å². The second-order valence-electron chi connectivity index (χ2n) is 4.03. The van der Waals surface area contributed by atoms with E-state index in [0.717, 1.165) is 0 Å². The number of anilines is 1. The normalized spacial score (nSPS) is 10.7. The minimum absolute atomic E-state index is 0.0434. The summed E-state index contributed by atoms with van der Waals surface area (Å²) >= 11 is 6.02. The lowest BCUT2D eigenvalue weighted by molar-refractivity contribution is 0.431. The summed E-state index contributed by atoms with van der Waals surface area (Å²) in [6.45, 7) is 0. The van der Waals surface area contributed by atoms with Crippen molar-refractivity contribution in [1.29, 1.82) is 0 Å². The minimum Gasteiger partial charge on any atom is -0.506 e. The first kappa shape index (κ1) is 12.4. The Hall–Kier alpha value is -2.60. The Labute approximate surface area is 118 Å². The Balaban J connectivity index is 2.02. The Bertz CT molecular complexity index is 773. The SMILES string of the molecule is Nc1ccc(-c2nc(-c3ncccc3Cl)no2)cc1O. The van der Waals surface area contributed by atoms with E-state index in [1.165, 1.54) is 6.07 Å². The monoisotopic (exact) mass is 288 g/mol. The van der Waals surface area contributed by atoms with Crippen LogP contribution in [0.5, 0.6) is 5.75 Å². The molecule has 0 amide bonds. The summed E-state index contributed by atoms with van der Waals surface area (Å²) < 4.78 is 5.14. The van der Waals surface area contributed by atoms with Gasteiger partial charge in [-0.25, -0.2) is 0 Å². The molecule has 0 bridgehead atoms. The number of pyridine rings is 1. The molecular weight excluding hydrogens is 280 g/mol. The van der Waals surface area contributed by atoms with Crippen molar-refractivity contribution in [3.8, 4) is 28.7 Å².